The van der Waals surface area contributed by atoms with Crippen molar-refractivity contribution in [2.75, 3.05) is 13.7 Å². The number of nitrogens with zero attached hydrogens (tertiary/aromatic N) is 2. The maximum absolute atomic E-state index is 12.9. The van der Waals surface area contributed by atoms with Crippen LogP contribution >= 0.6 is 0 Å². The first kappa shape index (κ1) is 17.1. The van der Waals surface area contributed by atoms with Crippen LogP contribution in [0.3, 0.4) is 0 Å². The highest BCUT2D eigenvalue weighted by molar-refractivity contribution is 5.78. The van der Waals surface area contributed by atoms with E-state index in [0.717, 1.165) is 42.0 Å². The van der Waals surface area contributed by atoms with Crippen LogP contribution in [-0.4, -0.2) is 34.7 Å². The molecule has 1 atom stereocenters. The van der Waals surface area contributed by atoms with Crippen molar-refractivity contribution in [1.29, 1.82) is 0 Å². The lowest BCUT2D eigenvalue weighted by molar-refractivity contribution is -0.133. The number of aromatic amines is 1. The van der Waals surface area contributed by atoms with Gasteiger partial charge in [-0.3, -0.25) is 9.89 Å². The first-order valence-electron chi connectivity index (χ1n) is 9.73. The summed E-state index contributed by atoms with van der Waals surface area (Å²) in [6, 6.07) is 8.12. The molecule has 2 fully saturated rings. The minimum absolute atomic E-state index is 0.104. The van der Waals surface area contributed by atoms with E-state index < -0.39 is 0 Å². The number of carbonyl (C=O) groups is 1. The van der Waals surface area contributed by atoms with Crippen LogP contribution in [0.5, 0.6) is 5.75 Å². The smallest absolute Gasteiger partial charge is 0.223 e. The molecule has 5 heteroatoms. The molecule has 0 spiro atoms. The van der Waals surface area contributed by atoms with Crippen molar-refractivity contribution in [2.24, 2.45) is 5.92 Å². The minimum Gasteiger partial charge on any atom is -0.497 e. The number of hydrogen-bond acceptors (Lipinski definition) is 3. The van der Waals surface area contributed by atoms with Gasteiger partial charge in [0.15, 0.2) is 0 Å². The molecule has 1 aromatic carbocycles. The molecule has 1 amide bonds. The molecule has 1 N–H and O–H groups in total. The highest BCUT2D eigenvalue weighted by Crippen LogP contribution is 2.38. The van der Waals surface area contributed by atoms with Crippen molar-refractivity contribution in [2.45, 2.75) is 51.0 Å². The zero-order chi connectivity index (χ0) is 17.9. The minimum atomic E-state index is 0.104. The van der Waals surface area contributed by atoms with Crippen LogP contribution in [0.4, 0.5) is 0 Å². The third kappa shape index (κ3) is 3.35. The number of likely N-dealkylation sites (tertiary alicyclic amines) is 1. The van der Waals surface area contributed by atoms with Crippen molar-refractivity contribution in [3.05, 3.63) is 36.2 Å². The van der Waals surface area contributed by atoms with E-state index in [2.05, 4.69) is 21.2 Å². The molecule has 0 radical (unpaired) electrons. The van der Waals surface area contributed by atoms with Crippen LogP contribution in [0.15, 0.2) is 30.5 Å². The van der Waals surface area contributed by atoms with Crippen molar-refractivity contribution in [1.82, 2.24) is 15.1 Å². The predicted octanol–water partition coefficient (Wildman–Crippen LogP) is 4.33. The van der Waals surface area contributed by atoms with Crippen LogP contribution in [0.2, 0.25) is 0 Å². The summed E-state index contributed by atoms with van der Waals surface area (Å²) in [5.74, 6) is 1.73. The number of ether oxygens (including phenoxy) is 1. The van der Waals surface area contributed by atoms with Crippen LogP contribution < -0.4 is 4.74 Å². The summed E-state index contributed by atoms with van der Waals surface area (Å²) >= 11 is 0. The molecule has 1 saturated heterocycles. The fraction of sp³-hybridized carbons (Fsp3) is 0.524. The first-order valence-corrected chi connectivity index (χ1v) is 9.73. The average Bonchev–Trinajstić information content (AvgIpc) is 3.41. The van der Waals surface area contributed by atoms with Gasteiger partial charge in [-0.25, -0.2) is 0 Å². The van der Waals surface area contributed by atoms with Gasteiger partial charge in [0.05, 0.1) is 25.0 Å². The molecule has 2 aromatic rings. The second-order valence-corrected chi connectivity index (χ2v) is 7.53. The van der Waals surface area contributed by atoms with Gasteiger partial charge in [0.25, 0.3) is 0 Å². The first-order chi connectivity index (χ1) is 12.8. The van der Waals surface area contributed by atoms with Gasteiger partial charge >= 0.3 is 0 Å². The summed E-state index contributed by atoms with van der Waals surface area (Å²) in [6.45, 7) is 0.854. The monoisotopic (exact) mass is 353 g/mol. The Balaban J connectivity index is 1.56. The Kier molecular flexibility index (Phi) is 4.96. The lowest BCUT2D eigenvalue weighted by atomic mass is 9.99. The number of rotatable bonds is 5. The van der Waals surface area contributed by atoms with Crippen LogP contribution in [0.1, 0.15) is 56.7 Å². The fourth-order valence-electron chi connectivity index (χ4n) is 4.51. The SMILES string of the molecule is COc1cccc(-c2cn[nH]c2[C@@H]2CCCN2C(=O)CC2CCCC2)c1. The number of aromatic nitrogens is 2. The molecule has 0 bridgehead atoms. The van der Waals surface area contributed by atoms with E-state index in [9.17, 15) is 4.79 Å². The van der Waals surface area contributed by atoms with E-state index in [0.29, 0.717) is 18.2 Å². The van der Waals surface area contributed by atoms with Crippen molar-refractivity contribution < 1.29 is 9.53 Å². The summed E-state index contributed by atoms with van der Waals surface area (Å²) in [6.07, 6.45) is 9.60. The largest absolute Gasteiger partial charge is 0.497 e. The van der Waals surface area contributed by atoms with E-state index in [1.165, 1.54) is 25.7 Å². The molecule has 1 aliphatic carbocycles. The quantitative estimate of drug-likeness (QED) is 0.870. The van der Waals surface area contributed by atoms with Gasteiger partial charge in [0, 0.05) is 18.5 Å². The van der Waals surface area contributed by atoms with Crippen LogP contribution in [-0.2, 0) is 4.79 Å². The second kappa shape index (κ2) is 7.52. The molecule has 4 rings (SSSR count). The number of H-pyrrole nitrogens is 1. The molecule has 1 aliphatic heterocycles. The Morgan fingerprint density at radius 3 is 2.92 bits per heavy atom. The van der Waals surface area contributed by atoms with Gasteiger partial charge in [0.2, 0.25) is 5.91 Å². The molecule has 2 heterocycles. The average molecular weight is 353 g/mol. The molecule has 5 nitrogen and oxygen atoms in total. The van der Waals surface area contributed by atoms with Gasteiger partial charge in [-0.15, -0.1) is 0 Å². The summed E-state index contributed by atoms with van der Waals surface area (Å²) < 4.78 is 5.36. The third-order valence-corrected chi connectivity index (χ3v) is 5.89. The Hall–Kier alpha value is -2.30. The topological polar surface area (TPSA) is 58.2 Å². The van der Waals surface area contributed by atoms with Crippen molar-refractivity contribution in [3.8, 4) is 16.9 Å². The number of methoxy groups -OCH3 is 1. The van der Waals surface area contributed by atoms with Crippen LogP contribution in [0.25, 0.3) is 11.1 Å². The summed E-state index contributed by atoms with van der Waals surface area (Å²) in [5, 5.41) is 7.47. The lowest BCUT2D eigenvalue weighted by Gasteiger charge is -2.26. The Labute approximate surface area is 154 Å². The fourth-order valence-corrected chi connectivity index (χ4v) is 4.51. The van der Waals surface area contributed by atoms with E-state index >= 15 is 0 Å². The molecule has 1 saturated carbocycles. The van der Waals surface area contributed by atoms with E-state index in [1.807, 2.05) is 24.4 Å². The molecular formula is C21H27N3O2. The van der Waals surface area contributed by atoms with Crippen LogP contribution in [0, 0.1) is 5.92 Å². The maximum atomic E-state index is 12.9. The highest BCUT2D eigenvalue weighted by atomic mass is 16.5. The molecule has 138 valence electrons. The molecule has 0 unspecified atom stereocenters. The van der Waals surface area contributed by atoms with Gasteiger partial charge in [0.1, 0.15) is 5.75 Å². The zero-order valence-electron chi connectivity index (χ0n) is 15.4. The number of carbonyl (C=O) groups excluding carboxylic acids is 1. The Morgan fingerprint density at radius 1 is 1.27 bits per heavy atom. The standard InChI is InChI=1S/C21H27N3O2/c1-26-17-9-4-8-16(13-17)18-14-22-23-21(18)19-10-5-11-24(19)20(25)12-15-6-2-3-7-15/h4,8-9,13-15,19H,2-3,5-7,10-12H2,1H3,(H,22,23)/t19-/m0/s1. The highest BCUT2D eigenvalue weighted by Gasteiger charge is 2.34. The van der Waals surface area contributed by atoms with Gasteiger partial charge < -0.3 is 9.64 Å². The zero-order valence-corrected chi connectivity index (χ0v) is 15.4. The lowest BCUT2D eigenvalue weighted by Crippen LogP contribution is -2.32. The molecule has 2 aliphatic rings. The second-order valence-electron chi connectivity index (χ2n) is 7.53. The maximum Gasteiger partial charge on any atom is 0.223 e. The summed E-state index contributed by atoms with van der Waals surface area (Å²) in [5.41, 5.74) is 3.19. The summed E-state index contributed by atoms with van der Waals surface area (Å²) in [4.78, 5) is 15.0. The predicted molar refractivity (Wildman–Crippen MR) is 101 cm³/mol. The van der Waals surface area contributed by atoms with E-state index in [4.69, 9.17) is 4.74 Å². The molecular weight excluding hydrogens is 326 g/mol. The van der Waals surface area contributed by atoms with Gasteiger partial charge in [-0.1, -0.05) is 25.0 Å². The molecule has 1 aromatic heterocycles. The Morgan fingerprint density at radius 2 is 2.12 bits per heavy atom. The number of nitrogens with one attached hydrogen (secondary N) is 1. The van der Waals surface area contributed by atoms with Crippen molar-refractivity contribution >= 4 is 5.91 Å². The normalized spacial score (nSPS) is 20.7. The number of amides is 1. The molecule has 26 heavy (non-hydrogen) atoms. The third-order valence-electron chi connectivity index (χ3n) is 5.89. The van der Waals surface area contributed by atoms with Gasteiger partial charge in [-0.2, -0.15) is 5.10 Å². The van der Waals surface area contributed by atoms with E-state index in [1.54, 1.807) is 7.11 Å². The Bertz CT molecular complexity index is 764. The number of hydrogen-bond donors (Lipinski definition) is 1. The van der Waals surface area contributed by atoms with Gasteiger partial charge in [-0.05, 0) is 49.3 Å². The number of benzene rings is 1. The van der Waals surface area contributed by atoms with E-state index in [-0.39, 0.29) is 6.04 Å². The van der Waals surface area contributed by atoms with Crippen molar-refractivity contribution in [3.63, 3.8) is 0 Å². The summed E-state index contributed by atoms with van der Waals surface area (Å²) in [7, 11) is 1.68.